The van der Waals surface area contributed by atoms with Crippen LogP contribution in [0.15, 0.2) is 24.3 Å². The van der Waals surface area contributed by atoms with E-state index in [0.717, 1.165) is 19.5 Å². The highest BCUT2D eigenvalue weighted by Gasteiger charge is 2.11. The van der Waals surface area contributed by atoms with Gasteiger partial charge in [-0.3, -0.25) is 10.1 Å². The zero-order valence-corrected chi connectivity index (χ0v) is 11.2. The molecule has 0 aromatic heterocycles. The second kappa shape index (κ2) is 6.96. The maximum Gasteiger partial charge on any atom is 0.292 e. The Morgan fingerprint density at radius 2 is 2.06 bits per heavy atom. The molecule has 1 aromatic carbocycles. The third-order valence-electron chi connectivity index (χ3n) is 2.99. The smallest absolute Gasteiger partial charge is 0.292 e. The first-order valence-electron chi connectivity index (χ1n) is 6.20. The van der Waals surface area contributed by atoms with Crippen LogP contribution < -0.4 is 5.32 Å². The van der Waals surface area contributed by atoms with E-state index in [1.807, 2.05) is 0 Å². The quantitative estimate of drug-likeness (QED) is 0.460. The number of nitro benzene ring substituents is 1. The van der Waals surface area contributed by atoms with Crippen LogP contribution in [0.25, 0.3) is 0 Å². The van der Waals surface area contributed by atoms with E-state index in [-0.39, 0.29) is 10.6 Å². The van der Waals surface area contributed by atoms with Gasteiger partial charge in [-0.15, -0.1) is 0 Å². The predicted octanol–water partition coefficient (Wildman–Crippen LogP) is 2.74. The third kappa shape index (κ3) is 4.33. The van der Waals surface area contributed by atoms with E-state index in [0.29, 0.717) is 11.7 Å². The van der Waals surface area contributed by atoms with E-state index in [9.17, 15) is 10.1 Å². The maximum absolute atomic E-state index is 10.8. The molecule has 0 fully saturated rings. The summed E-state index contributed by atoms with van der Waals surface area (Å²) in [6, 6.07) is 7.26. The van der Waals surface area contributed by atoms with Crippen molar-refractivity contribution < 1.29 is 4.92 Å². The van der Waals surface area contributed by atoms with Crippen molar-refractivity contribution in [3.8, 4) is 0 Å². The zero-order chi connectivity index (χ0) is 13.5. The Hall–Kier alpha value is -1.62. The van der Waals surface area contributed by atoms with Crippen LogP contribution in [0.1, 0.15) is 20.3 Å². The summed E-state index contributed by atoms with van der Waals surface area (Å²) in [6.45, 7) is 6.01. The maximum atomic E-state index is 10.8. The fraction of sp³-hybridized carbons (Fsp3) is 0.538. The van der Waals surface area contributed by atoms with Crippen molar-refractivity contribution in [3.05, 3.63) is 34.4 Å². The Kier molecular flexibility index (Phi) is 5.58. The lowest BCUT2D eigenvalue weighted by Gasteiger charge is -2.20. The summed E-state index contributed by atoms with van der Waals surface area (Å²) >= 11 is 0. The monoisotopic (exact) mass is 251 g/mol. The minimum Gasteiger partial charge on any atom is -0.379 e. The van der Waals surface area contributed by atoms with Crippen LogP contribution in [0.2, 0.25) is 0 Å². The highest BCUT2D eigenvalue weighted by atomic mass is 16.6. The van der Waals surface area contributed by atoms with Crippen LogP contribution in [0, 0.1) is 10.1 Å². The second-order valence-corrected chi connectivity index (χ2v) is 4.63. The molecule has 0 amide bonds. The summed E-state index contributed by atoms with van der Waals surface area (Å²) in [6.07, 6.45) is 0.959. The van der Waals surface area contributed by atoms with Gasteiger partial charge in [0, 0.05) is 18.7 Å². The van der Waals surface area contributed by atoms with Crippen molar-refractivity contribution in [2.45, 2.75) is 26.3 Å². The van der Waals surface area contributed by atoms with Gasteiger partial charge in [-0.1, -0.05) is 12.1 Å². The largest absolute Gasteiger partial charge is 0.379 e. The van der Waals surface area contributed by atoms with Crippen molar-refractivity contribution in [1.29, 1.82) is 0 Å². The zero-order valence-electron chi connectivity index (χ0n) is 11.2. The first-order valence-corrected chi connectivity index (χ1v) is 6.20. The van der Waals surface area contributed by atoms with E-state index in [4.69, 9.17) is 0 Å². The molecule has 0 aliphatic rings. The first kappa shape index (κ1) is 14.4. The molecule has 0 atom stereocenters. The third-order valence-corrected chi connectivity index (χ3v) is 2.99. The van der Waals surface area contributed by atoms with Gasteiger partial charge < -0.3 is 10.2 Å². The molecular weight excluding hydrogens is 230 g/mol. The number of rotatable bonds is 7. The molecule has 1 N–H and O–H groups in total. The summed E-state index contributed by atoms with van der Waals surface area (Å²) < 4.78 is 0. The van der Waals surface area contributed by atoms with Crippen molar-refractivity contribution in [3.63, 3.8) is 0 Å². The Morgan fingerprint density at radius 3 is 2.67 bits per heavy atom. The number of hydrogen-bond donors (Lipinski definition) is 1. The Morgan fingerprint density at radius 1 is 1.39 bits per heavy atom. The summed E-state index contributed by atoms with van der Waals surface area (Å²) in [5.41, 5.74) is 0.726. The van der Waals surface area contributed by atoms with Crippen molar-refractivity contribution in [2.75, 3.05) is 25.5 Å². The molecule has 1 aromatic rings. The molecule has 100 valence electrons. The van der Waals surface area contributed by atoms with Gasteiger partial charge in [0.2, 0.25) is 0 Å². The van der Waals surface area contributed by atoms with E-state index in [1.54, 1.807) is 18.2 Å². The van der Waals surface area contributed by atoms with Gasteiger partial charge in [0.05, 0.1) is 4.92 Å². The molecule has 0 radical (unpaired) electrons. The van der Waals surface area contributed by atoms with Crippen molar-refractivity contribution in [1.82, 2.24) is 4.90 Å². The summed E-state index contributed by atoms with van der Waals surface area (Å²) in [4.78, 5) is 12.7. The molecule has 0 aliphatic heterocycles. The minimum atomic E-state index is -0.359. The average Bonchev–Trinajstić information content (AvgIpc) is 2.34. The van der Waals surface area contributed by atoms with Crippen LogP contribution in [0.5, 0.6) is 0 Å². The number of nitro groups is 1. The topological polar surface area (TPSA) is 58.4 Å². The lowest BCUT2D eigenvalue weighted by molar-refractivity contribution is -0.384. The van der Waals surface area contributed by atoms with Gasteiger partial charge in [0.1, 0.15) is 5.69 Å². The minimum absolute atomic E-state index is 0.134. The van der Waals surface area contributed by atoms with Crippen molar-refractivity contribution >= 4 is 11.4 Å². The van der Waals surface area contributed by atoms with E-state index in [1.165, 1.54) is 6.07 Å². The molecular formula is C13H21N3O2. The summed E-state index contributed by atoms with van der Waals surface area (Å²) in [5, 5.41) is 13.9. The van der Waals surface area contributed by atoms with E-state index < -0.39 is 0 Å². The molecule has 18 heavy (non-hydrogen) atoms. The molecule has 5 nitrogen and oxygen atoms in total. The van der Waals surface area contributed by atoms with Crippen molar-refractivity contribution in [2.24, 2.45) is 0 Å². The lowest BCUT2D eigenvalue weighted by Crippen LogP contribution is -2.28. The average molecular weight is 251 g/mol. The molecule has 0 aliphatic carbocycles. The molecule has 0 spiro atoms. The first-order chi connectivity index (χ1) is 8.52. The second-order valence-electron chi connectivity index (χ2n) is 4.63. The van der Waals surface area contributed by atoms with Gasteiger partial charge in [0.15, 0.2) is 0 Å². The van der Waals surface area contributed by atoms with E-state index in [2.05, 4.69) is 31.1 Å². The number of para-hydroxylation sites is 2. The standard InChI is InChI=1S/C13H21N3O2/c1-11(2)15(3)10-6-9-14-12-7-4-5-8-13(12)16(17)18/h4-5,7-8,11,14H,6,9-10H2,1-3H3. The lowest BCUT2D eigenvalue weighted by atomic mass is 10.2. The number of benzene rings is 1. The molecule has 0 heterocycles. The summed E-state index contributed by atoms with van der Waals surface area (Å²) in [5.74, 6) is 0. The number of nitrogens with zero attached hydrogens (tertiary/aromatic N) is 2. The molecule has 0 unspecified atom stereocenters. The molecule has 5 heteroatoms. The van der Waals surface area contributed by atoms with Crippen LogP contribution >= 0.6 is 0 Å². The molecule has 1 rings (SSSR count). The van der Waals surface area contributed by atoms with E-state index >= 15 is 0 Å². The van der Waals surface area contributed by atoms with Gasteiger partial charge in [-0.25, -0.2) is 0 Å². The van der Waals surface area contributed by atoms with Gasteiger partial charge in [-0.05, 0) is 39.9 Å². The fourth-order valence-electron chi connectivity index (χ4n) is 1.59. The molecule has 0 bridgehead atoms. The van der Waals surface area contributed by atoms with Gasteiger partial charge in [0.25, 0.3) is 5.69 Å². The highest BCUT2D eigenvalue weighted by Crippen LogP contribution is 2.22. The Balaban J connectivity index is 2.42. The normalized spacial score (nSPS) is 10.9. The Bertz CT molecular complexity index is 394. The molecule has 0 saturated carbocycles. The predicted molar refractivity (Wildman–Crippen MR) is 74.0 cm³/mol. The number of nitrogens with one attached hydrogen (secondary N) is 1. The van der Waals surface area contributed by atoms with Gasteiger partial charge >= 0.3 is 0 Å². The Labute approximate surface area is 108 Å². The van der Waals surface area contributed by atoms with Crippen LogP contribution in [-0.2, 0) is 0 Å². The number of anilines is 1. The fourth-order valence-corrected chi connectivity index (χ4v) is 1.59. The SMILES string of the molecule is CC(C)N(C)CCCNc1ccccc1[N+](=O)[O-]. The highest BCUT2D eigenvalue weighted by molar-refractivity contribution is 5.60. The van der Waals surface area contributed by atoms with Crippen LogP contribution in [0.4, 0.5) is 11.4 Å². The summed E-state index contributed by atoms with van der Waals surface area (Å²) in [7, 11) is 2.08. The van der Waals surface area contributed by atoms with Crippen LogP contribution in [-0.4, -0.2) is 36.0 Å². The van der Waals surface area contributed by atoms with Gasteiger partial charge in [-0.2, -0.15) is 0 Å². The van der Waals surface area contributed by atoms with Crippen LogP contribution in [0.3, 0.4) is 0 Å². The number of hydrogen-bond acceptors (Lipinski definition) is 4. The molecule has 0 saturated heterocycles.